The largest absolute Gasteiger partial charge is 1.00 e. The molecule has 0 aliphatic carbocycles. The molecule has 5 nitrogen and oxygen atoms in total. The van der Waals surface area contributed by atoms with Gasteiger partial charge in [-0.2, -0.15) is 0 Å². The van der Waals surface area contributed by atoms with E-state index in [9.17, 15) is 14.7 Å². The van der Waals surface area contributed by atoms with Crippen LogP contribution in [0.4, 0.5) is 0 Å². The van der Waals surface area contributed by atoms with Gasteiger partial charge in [0.1, 0.15) is 0 Å². The number of carbonyl (C=O) groups excluding carboxylic acids is 2. The topological polar surface area (TPSA) is 89.5 Å². The number of amides is 1. The first kappa shape index (κ1) is 23.3. The summed E-state index contributed by atoms with van der Waals surface area (Å²) in [6.45, 7) is -0.355. The van der Waals surface area contributed by atoms with Crippen molar-refractivity contribution < 1.29 is 71.2 Å². The standard InChI is InChI=1S/C19H20ClNO4.K/c20-15-8-6-13(7-9-15)12-16(14-4-2-1-3-5-14)18(23)21-17(10-11-22)19(24)25;/h1-9,16-17,22H,10-12H2,(H,21,23)(H,24,25);/q;+1/p-1/t16?,17-;/m0./s1. The Morgan fingerprint density at radius 3 is 2.23 bits per heavy atom. The smallest absolute Gasteiger partial charge is 0.548 e. The maximum Gasteiger partial charge on any atom is 1.00 e. The number of aliphatic carboxylic acids is 1. The third-order valence-corrected chi connectivity index (χ3v) is 4.14. The number of aliphatic hydroxyl groups is 1. The van der Waals surface area contributed by atoms with Gasteiger partial charge in [0.25, 0.3) is 0 Å². The van der Waals surface area contributed by atoms with Gasteiger partial charge in [0.2, 0.25) is 5.91 Å². The van der Waals surface area contributed by atoms with E-state index >= 15 is 0 Å². The summed E-state index contributed by atoms with van der Waals surface area (Å²) in [6, 6.07) is 15.0. The number of rotatable bonds is 8. The third kappa shape index (κ3) is 7.11. The van der Waals surface area contributed by atoms with Crippen molar-refractivity contribution in [3.8, 4) is 0 Å². The molecular formula is C19H19ClKNO4. The Morgan fingerprint density at radius 2 is 1.69 bits per heavy atom. The molecule has 7 heteroatoms. The molecule has 2 aromatic rings. The number of carboxylic acids is 1. The van der Waals surface area contributed by atoms with E-state index < -0.39 is 23.8 Å². The van der Waals surface area contributed by atoms with Crippen LogP contribution in [-0.2, 0) is 16.0 Å². The molecular weight excluding hydrogens is 381 g/mol. The Labute approximate surface area is 200 Å². The monoisotopic (exact) mass is 399 g/mol. The second-order valence-corrected chi connectivity index (χ2v) is 6.12. The molecule has 2 aromatic carbocycles. The minimum absolute atomic E-state index is 0. The fraction of sp³-hybridized carbons (Fsp3) is 0.263. The van der Waals surface area contributed by atoms with Gasteiger partial charge in [-0.3, -0.25) is 4.79 Å². The number of benzene rings is 2. The number of hydrogen-bond donors (Lipinski definition) is 2. The van der Waals surface area contributed by atoms with E-state index in [0.29, 0.717) is 11.4 Å². The number of aliphatic hydroxyl groups excluding tert-OH is 1. The van der Waals surface area contributed by atoms with Crippen LogP contribution in [0.1, 0.15) is 23.5 Å². The van der Waals surface area contributed by atoms with Gasteiger partial charge in [-0.05, 0) is 36.1 Å². The summed E-state index contributed by atoms with van der Waals surface area (Å²) in [6.07, 6.45) is 0.294. The fourth-order valence-corrected chi connectivity index (χ4v) is 2.68. The van der Waals surface area contributed by atoms with Gasteiger partial charge < -0.3 is 20.3 Å². The average molecular weight is 400 g/mol. The normalized spacial score (nSPS) is 12.5. The van der Waals surface area contributed by atoms with Gasteiger partial charge in [-0.15, -0.1) is 0 Å². The van der Waals surface area contributed by atoms with Crippen LogP contribution in [0.5, 0.6) is 0 Å². The first-order valence-corrected chi connectivity index (χ1v) is 8.30. The van der Waals surface area contributed by atoms with Crippen LogP contribution in [0.2, 0.25) is 5.02 Å². The van der Waals surface area contributed by atoms with Crippen molar-refractivity contribution >= 4 is 23.5 Å². The van der Waals surface area contributed by atoms with Crippen LogP contribution in [0, 0.1) is 0 Å². The van der Waals surface area contributed by atoms with Gasteiger partial charge in [-0.25, -0.2) is 0 Å². The van der Waals surface area contributed by atoms with Crippen molar-refractivity contribution in [3.05, 3.63) is 70.7 Å². The molecule has 0 spiro atoms. The molecule has 0 saturated heterocycles. The average Bonchev–Trinajstić information content (AvgIpc) is 2.61. The summed E-state index contributed by atoms with van der Waals surface area (Å²) in [4.78, 5) is 23.8. The van der Waals surface area contributed by atoms with Gasteiger partial charge in [-0.1, -0.05) is 54.1 Å². The molecule has 0 saturated carbocycles. The van der Waals surface area contributed by atoms with Gasteiger partial charge in [0.05, 0.1) is 17.9 Å². The summed E-state index contributed by atoms with van der Waals surface area (Å²) in [7, 11) is 0. The van der Waals surface area contributed by atoms with E-state index in [-0.39, 0.29) is 64.4 Å². The molecule has 2 N–H and O–H groups in total. The number of halogens is 1. The van der Waals surface area contributed by atoms with Gasteiger partial charge in [0, 0.05) is 11.6 Å². The molecule has 1 amide bonds. The summed E-state index contributed by atoms with van der Waals surface area (Å²) >= 11 is 5.89. The summed E-state index contributed by atoms with van der Waals surface area (Å²) < 4.78 is 0. The molecule has 0 bridgehead atoms. The number of carbonyl (C=O) groups is 2. The Bertz CT molecular complexity index is 709. The zero-order valence-corrected chi connectivity index (χ0v) is 18.4. The van der Waals surface area contributed by atoms with Crippen LogP contribution in [0.3, 0.4) is 0 Å². The van der Waals surface area contributed by atoms with Crippen molar-refractivity contribution in [1.82, 2.24) is 5.32 Å². The molecule has 0 radical (unpaired) electrons. The van der Waals surface area contributed by atoms with Gasteiger partial charge >= 0.3 is 51.4 Å². The van der Waals surface area contributed by atoms with E-state index in [2.05, 4.69) is 5.32 Å². The number of hydrogen-bond acceptors (Lipinski definition) is 4. The molecule has 1 unspecified atom stereocenters. The molecule has 0 aromatic heterocycles. The quantitative estimate of drug-likeness (QED) is 0.517. The zero-order valence-electron chi connectivity index (χ0n) is 14.5. The molecule has 2 rings (SSSR count). The van der Waals surface area contributed by atoms with E-state index in [1.165, 1.54) is 0 Å². The minimum Gasteiger partial charge on any atom is -0.548 e. The molecule has 0 aliphatic heterocycles. The van der Waals surface area contributed by atoms with Crippen LogP contribution in [-0.4, -0.2) is 29.6 Å². The van der Waals surface area contributed by atoms with Crippen molar-refractivity contribution in [3.63, 3.8) is 0 Å². The van der Waals surface area contributed by atoms with E-state index in [1.54, 1.807) is 12.1 Å². The van der Waals surface area contributed by atoms with Crippen LogP contribution in [0.25, 0.3) is 0 Å². The van der Waals surface area contributed by atoms with Crippen LogP contribution in [0.15, 0.2) is 54.6 Å². The predicted molar refractivity (Wildman–Crippen MR) is 93.0 cm³/mol. The Hall–Kier alpha value is -0.734. The minimum atomic E-state index is -1.42. The van der Waals surface area contributed by atoms with Crippen molar-refractivity contribution in [2.75, 3.05) is 6.61 Å². The van der Waals surface area contributed by atoms with E-state index in [0.717, 1.165) is 11.1 Å². The van der Waals surface area contributed by atoms with Crippen molar-refractivity contribution in [1.29, 1.82) is 0 Å². The second kappa shape index (κ2) is 11.9. The molecule has 132 valence electrons. The molecule has 0 fully saturated rings. The van der Waals surface area contributed by atoms with Crippen molar-refractivity contribution in [2.45, 2.75) is 24.8 Å². The van der Waals surface area contributed by atoms with E-state index in [4.69, 9.17) is 16.7 Å². The third-order valence-electron chi connectivity index (χ3n) is 3.89. The zero-order chi connectivity index (χ0) is 18.2. The SMILES string of the molecule is O=C(N[C@@H](CCO)C(=O)[O-])C(Cc1ccc(Cl)cc1)c1ccccc1.[K+]. The molecule has 2 atom stereocenters. The fourth-order valence-electron chi connectivity index (χ4n) is 2.55. The maximum absolute atomic E-state index is 12.7. The Balaban J connectivity index is 0.00000338. The summed E-state index contributed by atoms with van der Waals surface area (Å²) in [5.41, 5.74) is 1.68. The predicted octanol–water partition coefficient (Wildman–Crippen LogP) is -1.71. The first-order valence-electron chi connectivity index (χ1n) is 7.92. The molecule has 0 heterocycles. The maximum atomic E-state index is 12.7. The van der Waals surface area contributed by atoms with Crippen LogP contribution < -0.4 is 61.8 Å². The molecule has 0 aliphatic rings. The Morgan fingerprint density at radius 1 is 1.08 bits per heavy atom. The Kier molecular flexibility index (Phi) is 10.6. The van der Waals surface area contributed by atoms with Crippen molar-refractivity contribution in [2.24, 2.45) is 0 Å². The number of carboxylic acid groups (broad SMARTS) is 1. The molecule has 26 heavy (non-hydrogen) atoms. The number of nitrogens with one attached hydrogen (secondary N) is 1. The van der Waals surface area contributed by atoms with E-state index in [1.807, 2.05) is 42.5 Å². The van der Waals surface area contributed by atoms with Crippen LogP contribution >= 0.6 is 11.6 Å². The summed E-state index contributed by atoms with van der Waals surface area (Å²) in [5, 5.41) is 23.2. The van der Waals surface area contributed by atoms with Gasteiger partial charge in [0.15, 0.2) is 0 Å². The summed E-state index contributed by atoms with van der Waals surface area (Å²) in [5.74, 6) is -2.41. The first-order chi connectivity index (χ1) is 12.0. The second-order valence-electron chi connectivity index (χ2n) is 5.69.